The van der Waals surface area contributed by atoms with Crippen molar-refractivity contribution in [3.05, 3.63) is 54.3 Å². The zero-order chi connectivity index (χ0) is 17.8. The monoisotopic (exact) mass is 345 g/mol. The summed E-state index contributed by atoms with van der Waals surface area (Å²) in [4.78, 5) is 24.2. The number of fused-ring (bicyclic) bond motifs is 1. The van der Waals surface area contributed by atoms with Gasteiger partial charge in [0, 0.05) is 0 Å². The predicted octanol–water partition coefficient (Wildman–Crippen LogP) is 2.54. The number of benzene rings is 2. The van der Waals surface area contributed by atoms with Crippen LogP contribution in [0.15, 0.2) is 48.5 Å². The third-order valence-electron chi connectivity index (χ3n) is 3.57. The van der Waals surface area contributed by atoms with Gasteiger partial charge in [-0.15, -0.1) is 0 Å². The van der Waals surface area contributed by atoms with Crippen molar-refractivity contribution in [2.24, 2.45) is 0 Å². The van der Waals surface area contributed by atoms with Crippen molar-refractivity contribution in [3.63, 3.8) is 0 Å². The van der Waals surface area contributed by atoms with Crippen molar-refractivity contribution >= 4 is 17.6 Å². The fourth-order valence-electron chi connectivity index (χ4n) is 2.24. The number of esters is 1. The quantitative estimate of drug-likeness (QED) is 0.862. The third-order valence-corrected chi connectivity index (χ3v) is 3.57. The molecule has 0 aromatic heterocycles. The van der Waals surface area contributed by atoms with Crippen LogP contribution in [-0.4, -0.2) is 30.7 Å². The number of carbonyl (C=O) groups excluding carboxylic acids is 2. The highest BCUT2D eigenvalue weighted by atomic mass is 19.1. The molecule has 25 heavy (non-hydrogen) atoms. The average Bonchev–Trinajstić information content (AvgIpc) is 2.63. The second-order valence-electron chi connectivity index (χ2n) is 5.41. The molecule has 0 radical (unpaired) electrons. The van der Waals surface area contributed by atoms with Gasteiger partial charge in [-0.1, -0.05) is 24.3 Å². The molecule has 1 heterocycles. The summed E-state index contributed by atoms with van der Waals surface area (Å²) in [5, 5.41) is 2.37. The Kier molecular flexibility index (Phi) is 4.83. The van der Waals surface area contributed by atoms with Crippen LogP contribution in [0, 0.1) is 5.82 Å². The van der Waals surface area contributed by atoms with Gasteiger partial charge in [-0.2, -0.15) is 0 Å². The first-order chi connectivity index (χ1) is 12.0. The molecule has 130 valence electrons. The Hall–Kier alpha value is -3.09. The topological polar surface area (TPSA) is 73.9 Å². The maximum Gasteiger partial charge on any atom is 0.351 e. The summed E-state index contributed by atoms with van der Waals surface area (Å²) in [6.07, 6.45) is -2.09. The van der Waals surface area contributed by atoms with Crippen LogP contribution < -0.4 is 14.8 Å². The van der Waals surface area contributed by atoms with Gasteiger partial charge in [-0.05, 0) is 31.2 Å². The van der Waals surface area contributed by atoms with E-state index in [2.05, 4.69) is 5.32 Å². The van der Waals surface area contributed by atoms with E-state index in [1.54, 1.807) is 30.3 Å². The first kappa shape index (κ1) is 16.8. The number of halogens is 1. The Balaban J connectivity index is 1.57. The molecule has 0 spiro atoms. The van der Waals surface area contributed by atoms with Crippen molar-refractivity contribution in [2.45, 2.75) is 19.1 Å². The van der Waals surface area contributed by atoms with Gasteiger partial charge >= 0.3 is 5.97 Å². The minimum Gasteiger partial charge on any atom is -0.485 e. The van der Waals surface area contributed by atoms with Crippen molar-refractivity contribution < 1.29 is 28.2 Å². The Morgan fingerprint density at radius 1 is 1.16 bits per heavy atom. The molecule has 0 aliphatic carbocycles. The van der Waals surface area contributed by atoms with E-state index in [0.29, 0.717) is 11.5 Å². The molecule has 0 saturated carbocycles. The largest absolute Gasteiger partial charge is 0.485 e. The molecule has 0 bridgehead atoms. The van der Waals surface area contributed by atoms with Gasteiger partial charge in [-0.25, -0.2) is 9.18 Å². The highest BCUT2D eigenvalue weighted by Gasteiger charge is 2.31. The summed E-state index contributed by atoms with van der Waals surface area (Å²) in [5.74, 6) is -0.979. The SMILES string of the molecule is C[C@@H](OC(=O)[C@@H]1COc2ccccc2O1)C(=O)Nc1ccccc1F. The molecular weight excluding hydrogens is 329 g/mol. The average molecular weight is 345 g/mol. The van der Waals surface area contributed by atoms with Crippen LogP contribution in [0.3, 0.4) is 0 Å². The summed E-state index contributed by atoms with van der Waals surface area (Å²) >= 11 is 0. The van der Waals surface area contributed by atoms with E-state index in [0.717, 1.165) is 0 Å². The molecule has 0 saturated heterocycles. The van der Waals surface area contributed by atoms with Crippen LogP contribution in [0.4, 0.5) is 10.1 Å². The molecule has 0 fully saturated rings. The van der Waals surface area contributed by atoms with Crippen molar-refractivity contribution in [1.29, 1.82) is 0 Å². The summed E-state index contributed by atoms with van der Waals surface area (Å²) in [7, 11) is 0. The lowest BCUT2D eigenvalue weighted by Crippen LogP contribution is -2.41. The molecule has 1 aliphatic rings. The smallest absolute Gasteiger partial charge is 0.351 e. The molecule has 1 N–H and O–H groups in total. The zero-order valence-electron chi connectivity index (χ0n) is 13.4. The van der Waals surface area contributed by atoms with E-state index >= 15 is 0 Å². The predicted molar refractivity (Wildman–Crippen MR) is 86.9 cm³/mol. The summed E-state index contributed by atoms with van der Waals surface area (Å²) in [6.45, 7) is 1.38. The molecule has 7 heteroatoms. The molecule has 1 aliphatic heterocycles. The molecule has 6 nitrogen and oxygen atoms in total. The van der Waals surface area contributed by atoms with Gasteiger partial charge < -0.3 is 19.5 Å². The van der Waals surface area contributed by atoms with E-state index in [1.807, 2.05) is 0 Å². The van der Waals surface area contributed by atoms with E-state index in [4.69, 9.17) is 14.2 Å². The Morgan fingerprint density at radius 3 is 2.60 bits per heavy atom. The number of anilines is 1. The van der Waals surface area contributed by atoms with E-state index in [1.165, 1.54) is 25.1 Å². The number of ether oxygens (including phenoxy) is 3. The highest BCUT2D eigenvalue weighted by molar-refractivity contribution is 5.95. The number of hydrogen-bond donors (Lipinski definition) is 1. The van der Waals surface area contributed by atoms with Gasteiger partial charge in [0.05, 0.1) is 5.69 Å². The molecule has 2 aromatic rings. The summed E-state index contributed by atoms with van der Waals surface area (Å²) < 4.78 is 29.6. The molecule has 2 aromatic carbocycles. The second-order valence-corrected chi connectivity index (χ2v) is 5.41. The molecular formula is C18H16FNO5. The maximum atomic E-state index is 13.5. The van der Waals surface area contributed by atoms with E-state index in [-0.39, 0.29) is 12.3 Å². The van der Waals surface area contributed by atoms with Gasteiger partial charge in [0.1, 0.15) is 12.4 Å². The van der Waals surface area contributed by atoms with Crippen molar-refractivity contribution in [1.82, 2.24) is 0 Å². The third kappa shape index (κ3) is 3.88. The van der Waals surface area contributed by atoms with E-state index < -0.39 is 29.9 Å². The van der Waals surface area contributed by atoms with E-state index in [9.17, 15) is 14.0 Å². The normalized spacial score (nSPS) is 16.6. The zero-order valence-corrected chi connectivity index (χ0v) is 13.4. The lowest BCUT2D eigenvalue weighted by Gasteiger charge is -2.25. The first-order valence-corrected chi connectivity index (χ1v) is 7.69. The van der Waals surface area contributed by atoms with Crippen LogP contribution >= 0.6 is 0 Å². The molecule has 0 unspecified atom stereocenters. The summed E-state index contributed by atoms with van der Waals surface area (Å²) in [6, 6.07) is 12.7. The number of hydrogen-bond acceptors (Lipinski definition) is 5. The second kappa shape index (κ2) is 7.21. The highest BCUT2D eigenvalue weighted by Crippen LogP contribution is 2.31. The van der Waals surface area contributed by atoms with Gasteiger partial charge in [-0.3, -0.25) is 4.79 Å². The van der Waals surface area contributed by atoms with Crippen molar-refractivity contribution in [2.75, 3.05) is 11.9 Å². The Morgan fingerprint density at radius 2 is 1.84 bits per heavy atom. The number of nitrogens with one attached hydrogen (secondary N) is 1. The lowest BCUT2D eigenvalue weighted by atomic mass is 10.2. The standard InChI is InChI=1S/C18H16FNO5/c1-11(17(21)20-13-7-3-2-6-12(13)19)24-18(22)16-10-23-14-8-4-5-9-15(14)25-16/h2-9,11,16H,10H2,1H3,(H,20,21)/t11-,16+/m1/s1. The van der Waals surface area contributed by atoms with Gasteiger partial charge in [0.25, 0.3) is 5.91 Å². The van der Waals surface area contributed by atoms with Crippen molar-refractivity contribution in [3.8, 4) is 11.5 Å². The number of amides is 1. The van der Waals surface area contributed by atoms with Gasteiger partial charge in [0.15, 0.2) is 17.6 Å². The number of carbonyl (C=O) groups is 2. The lowest BCUT2D eigenvalue weighted by molar-refractivity contribution is -0.162. The molecule has 1 amide bonds. The maximum absolute atomic E-state index is 13.5. The molecule has 2 atom stereocenters. The van der Waals surface area contributed by atoms with Crippen LogP contribution in [0.2, 0.25) is 0 Å². The number of para-hydroxylation sites is 3. The van der Waals surface area contributed by atoms with Gasteiger partial charge in [0.2, 0.25) is 6.10 Å². The van der Waals surface area contributed by atoms with Crippen LogP contribution in [0.1, 0.15) is 6.92 Å². The fourth-order valence-corrected chi connectivity index (χ4v) is 2.24. The number of rotatable bonds is 4. The Bertz CT molecular complexity index is 795. The minimum atomic E-state index is -1.12. The first-order valence-electron chi connectivity index (χ1n) is 7.69. The Labute approximate surface area is 143 Å². The molecule has 3 rings (SSSR count). The summed E-state index contributed by atoms with van der Waals surface area (Å²) in [5.41, 5.74) is 0.0153. The minimum absolute atomic E-state index is 0.0153. The fraction of sp³-hybridized carbons (Fsp3) is 0.222. The van der Waals surface area contributed by atoms with Crippen LogP contribution in [-0.2, 0) is 14.3 Å². The van der Waals surface area contributed by atoms with Crippen LogP contribution in [0.25, 0.3) is 0 Å². The van der Waals surface area contributed by atoms with Crippen LogP contribution in [0.5, 0.6) is 11.5 Å².